The van der Waals surface area contributed by atoms with Crippen LogP contribution in [0.4, 0.5) is 28.4 Å². The fraction of sp³-hybridized carbons (Fsp3) is 0.432. The number of nitrogen functional groups attached to an aromatic ring is 1. The second-order valence-corrected chi connectivity index (χ2v) is 24.8. The van der Waals surface area contributed by atoms with Gasteiger partial charge in [0.25, 0.3) is 0 Å². The Balaban J connectivity index is 0.000000317. The maximum Gasteiger partial charge on any atom is 0.0768 e. The van der Waals surface area contributed by atoms with Crippen LogP contribution < -0.4 is 21.3 Å². The van der Waals surface area contributed by atoms with E-state index in [1.165, 1.54) is 192 Å². The van der Waals surface area contributed by atoms with Crippen molar-refractivity contribution < 1.29 is 0 Å². The number of hydrogen-bond acceptors (Lipinski definition) is 5. The van der Waals surface area contributed by atoms with Crippen molar-refractivity contribution >= 4 is 60.3 Å². The number of unbranched alkanes of at least 4 members (excludes halogenated alkanes) is 12. The fourth-order valence-electron chi connectivity index (χ4n) is 12.8. The van der Waals surface area contributed by atoms with Crippen LogP contribution in [0.25, 0.3) is 22.3 Å². The summed E-state index contributed by atoms with van der Waals surface area (Å²) in [4.78, 5) is 7.34. The molecule has 0 spiro atoms. The molecule has 81 heavy (non-hydrogen) atoms. The van der Waals surface area contributed by atoms with E-state index in [0.29, 0.717) is 0 Å². The predicted molar refractivity (Wildman–Crippen MR) is 365 cm³/mol. The molecule has 5 nitrogen and oxygen atoms in total. The zero-order valence-electron chi connectivity index (χ0n) is 49.8. The van der Waals surface area contributed by atoms with Gasteiger partial charge in [-0.25, -0.2) is 0 Å². The number of anilines is 5. The summed E-state index contributed by atoms with van der Waals surface area (Å²) in [7, 11) is 3.74. The Morgan fingerprint density at radius 1 is 0.358 bits per heavy atom. The molecular formula is C74H101Br2N5. The molecule has 2 aliphatic carbocycles. The quantitative estimate of drug-likeness (QED) is 0.0221. The van der Waals surface area contributed by atoms with Crippen LogP contribution in [-0.2, 0) is 10.8 Å². The highest BCUT2D eigenvalue weighted by Crippen LogP contribution is 2.56. The highest BCUT2D eigenvalue weighted by molar-refractivity contribution is 9.24. The van der Waals surface area contributed by atoms with Gasteiger partial charge >= 0.3 is 0 Å². The predicted octanol–water partition coefficient (Wildman–Crippen LogP) is 22.1. The van der Waals surface area contributed by atoms with E-state index in [-0.39, 0.29) is 18.3 Å². The largest absolute Gasteiger partial charge is 0.399 e. The van der Waals surface area contributed by atoms with Crippen molar-refractivity contribution in [3.63, 3.8) is 0 Å². The summed E-state index contributed by atoms with van der Waals surface area (Å²) in [5.41, 5.74) is 28.6. The van der Waals surface area contributed by atoms with Crippen molar-refractivity contribution in [1.82, 2.24) is 4.90 Å². The normalized spacial score (nSPS) is 12.7. The third-order valence-corrected chi connectivity index (χ3v) is 16.7. The molecule has 0 aromatic heterocycles. The van der Waals surface area contributed by atoms with Gasteiger partial charge in [-0.15, -0.1) is 0 Å². The zero-order chi connectivity index (χ0) is 57.0. The topological polar surface area (TPSA) is 61.8 Å². The van der Waals surface area contributed by atoms with Crippen LogP contribution in [0.1, 0.15) is 186 Å². The third kappa shape index (κ3) is 17.4. The van der Waals surface area contributed by atoms with E-state index in [1.807, 2.05) is 0 Å². The van der Waals surface area contributed by atoms with Gasteiger partial charge in [-0.05, 0) is 145 Å². The third-order valence-electron chi connectivity index (χ3n) is 16.7. The molecule has 7 heteroatoms. The number of hydrogen-bond donors (Lipinski definition) is 2. The Morgan fingerprint density at radius 3 is 1.04 bits per heavy atom. The van der Waals surface area contributed by atoms with Crippen molar-refractivity contribution in [2.75, 3.05) is 47.2 Å². The summed E-state index contributed by atoms with van der Waals surface area (Å²) in [6, 6.07) is 64.8. The smallest absolute Gasteiger partial charge is 0.0768 e. The molecule has 9 rings (SSSR count). The highest BCUT2D eigenvalue weighted by atomic mass is 79.9. The number of rotatable bonds is 28. The molecule has 0 amide bonds. The van der Waals surface area contributed by atoms with E-state index in [4.69, 9.17) is 5.73 Å². The van der Waals surface area contributed by atoms with Gasteiger partial charge in [-0.1, -0.05) is 285 Å². The van der Waals surface area contributed by atoms with E-state index in [0.717, 1.165) is 23.3 Å². The van der Waals surface area contributed by atoms with Gasteiger partial charge in [-0.2, -0.15) is 0 Å². The Labute approximate surface area is 509 Å². The highest BCUT2D eigenvalue weighted by Gasteiger charge is 2.43. The molecule has 0 saturated heterocycles. The molecule has 0 heterocycles. The second-order valence-electron chi connectivity index (χ2n) is 22.1. The molecule has 0 aliphatic heterocycles. The number of nitrogens with two attached hydrogens (primary N) is 2. The Morgan fingerprint density at radius 2 is 0.667 bits per heavy atom. The number of alkyl halides is 2. The molecule has 4 N–H and O–H groups in total. The molecule has 2 aliphatic rings. The molecule has 0 unspecified atom stereocenters. The average Bonchev–Trinajstić information content (AvgIpc) is 4.12. The van der Waals surface area contributed by atoms with Gasteiger partial charge < -0.3 is 21.3 Å². The van der Waals surface area contributed by atoms with Crippen LogP contribution in [0.5, 0.6) is 0 Å². The van der Waals surface area contributed by atoms with E-state index in [1.54, 1.807) is 11.1 Å². The summed E-state index contributed by atoms with van der Waals surface area (Å²) in [6.07, 6.45) is 25.9. The van der Waals surface area contributed by atoms with Crippen molar-refractivity contribution in [2.24, 2.45) is 5.73 Å². The molecule has 7 aromatic carbocycles. The molecule has 0 atom stereocenters. The standard InChI is InChI=1S/C46H55N3.C25H35N.CH2Br2.CH5N.CH4/c1-4-6-8-21-33-46(34-22-9-7-5-2)44-30-20-19-29-42(44)43-32-31-41(35-45(43)46)49(40-27-17-12-18-28-40)37-47(3)36-48(38-23-13-10-14-24-38)39-25-15-11-16-26-39;1-3-5-7-11-17-25(18-12-8-6-4-2)23-14-10-9-13-21(23)22-16-15-20(26)19-24(22)25;2-1-3;1-2;/h10-20,23-32,35H,4-9,21-22,33-34,36-37H2,1-3H3;9-10,13-16,19H,3-8,11-12,17-18,26H2,1-2H3;1H2;2H2,1H3;1H4. The lowest BCUT2D eigenvalue weighted by molar-refractivity contribution is 0.350. The Hall–Kier alpha value is -5.18. The molecule has 7 aromatic rings. The molecule has 436 valence electrons. The lowest BCUT2D eigenvalue weighted by atomic mass is 9.70. The van der Waals surface area contributed by atoms with Crippen LogP contribution >= 0.6 is 31.9 Å². The van der Waals surface area contributed by atoms with Gasteiger partial charge in [0.15, 0.2) is 0 Å². The van der Waals surface area contributed by atoms with E-state index in [2.05, 4.69) is 263 Å². The van der Waals surface area contributed by atoms with Gasteiger partial charge in [0.2, 0.25) is 0 Å². The van der Waals surface area contributed by atoms with Crippen LogP contribution in [0.2, 0.25) is 0 Å². The molecular weight excluding hydrogens is 1120 g/mol. The van der Waals surface area contributed by atoms with Gasteiger partial charge in [0.1, 0.15) is 0 Å². The van der Waals surface area contributed by atoms with Gasteiger partial charge in [-0.3, -0.25) is 4.90 Å². The van der Waals surface area contributed by atoms with Crippen molar-refractivity contribution in [3.8, 4) is 22.3 Å². The summed E-state index contributed by atoms with van der Waals surface area (Å²) in [5, 5.41) is 0. The first kappa shape index (κ1) is 66.6. The molecule has 0 fully saturated rings. The Kier molecular flexibility index (Phi) is 29.4. The number of nitrogens with zero attached hydrogens (tertiary/aromatic N) is 3. The zero-order valence-corrected chi connectivity index (χ0v) is 52.9. The number of fused-ring (bicyclic) bond motifs is 6. The molecule has 0 bridgehead atoms. The Bertz CT molecular complexity index is 2750. The van der Waals surface area contributed by atoms with E-state index >= 15 is 0 Å². The van der Waals surface area contributed by atoms with Crippen molar-refractivity contribution in [2.45, 2.75) is 174 Å². The van der Waals surface area contributed by atoms with E-state index in [9.17, 15) is 0 Å². The van der Waals surface area contributed by atoms with E-state index < -0.39 is 0 Å². The first-order chi connectivity index (χ1) is 39.3. The van der Waals surface area contributed by atoms with Crippen LogP contribution in [-0.4, -0.2) is 36.6 Å². The monoisotopic (exact) mass is 1220 g/mol. The maximum absolute atomic E-state index is 6.24. The van der Waals surface area contributed by atoms with Crippen LogP contribution in [0.15, 0.2) is 176 Å². The second kappa shape index (κ2) is 35.7. The van der Waals surface area contributed by atoms with Crippen molar-refractivity contribution in [3.05, 3.63) is 198 Å². The summed E-state index contributed by atoms with van der Waals surface area (Å²) in [6.45, 7) is 10.7. The van der Waals surface area contributed by atoms with Gasteiger partial charge in [0, 0.05) is 39.3 Å². The van der Waals surface area contributed by atoms with Crippen LogP contribution in [0.3, 0.4) is 0 Å². The van der Waals surface area contributed by atoms with Crippen LogP contribution in [0, 0.1) is 0 Å². The SMILES string of the molecule is BrCBr.C.CCCCCCC1(CCCCCC)c2ccccc2-c2ccc(N(CN(C)CN(c3ccccc3)c3ccccc3)c3ccccc3)cc21.CCCCCCC1(CCCCCC)c2ccccc2-c2ccc(N)cc21.CN. The molecule has 0 radical (unpaired) electrons. The first-order valence-corrected chi connectivity index (χ1v) is 32.9. The number of halogens is 2. The summed E-state index contributed by atoms with van der Waals surface area (Å²) in [5.74, 6) is 0. The average molecular weight is 1220 g/mol. The number of para-hydroxylation sites is 3. The summed E-state index contributed by atoms with van der Waals surface area (Å²) >= 11 is 6.12. The molecule has 0 saturated carbocycles. The van der Waals surface area contributed by atoms with Gasteiger partial charge in [0.05, 0.1) is 17.6 Å². The van der Waals surface area contributed by atoms with Crippen molar-refractivity contribution in [1.29, 1.82) is 0 Å². The first-order valence-electron chi connectivity index (χ1n) is 30.6. The lowest BCUT2D eigenvalue weighted by Gasteiger charge is -2.36. The fourth-order valence-corrected chi connectivity index (χ4v) is 12.8. The minimum Gasteiger partial charge on any atom is -0.399 e. The minimum absolute atomic E-state index is 0. The minimum atomic E-state index is 0. The maximum atomic E-state index is 6.24. The lowest BCUT2D eigenvalue weighted by Crippen LogP contribution is -2.39. The summed E-state index contributed by atoms with van der Waals surface area (Å²) < 4.78 is 0.875. The number of benzene rings is 7.